The molecule has 5 heteroatoms. The Kier molecular flexibility index (Phi) is 6.28. The molecule has 2 aromatic rings. The molecule has 0 heterocycles. The maximum Gasteiger partial charge on any atom is 0.224 e. The molecule has 0 bridgehead atoms. The molecular formula is C20H25NO4. The van der Waals surface area contributed by atoms with Gasteiger partial charge in [-0.25, -0.2) is 0 Å². The molecule has 0 aromatic heterocycles. The summed E-state index contributed by atoms with van der Waals surface area (Å²) >= 11 is 0. The van der Waals surface area contributed by atoms with E-state index in [0.717, 1.165) is 22.4 Å². The van der Waals surface area contributed by atoms with Gasteiger partial charge in [-0.15, -0.1) is 0 Å². The largest absolute Gasteiger partial charge is 0.493 e. The van der Waals surface area contributed by atoms with Crippen molar-refractivity contribution in [2.75, 3.05) is 26.6 Å². The normalized spacial score (nSPS) is 10.3. The van der Waals surface area contributed by atoms with Gasteiger partial charge in [0, 0.05) is 12.1 Å². The lowest BCUT2D eigenvalue weighted by molar-refractivity contribution is -0.116. The van der Waals surface area contributed by atoms with Gasteiger partial charge in [-0.05, 0) is 49.1 Å². The molecule has 0 atom stereocenters. The predicted octanol–water partition coefficient (Wildman–Crippen LogP) is 3.90. The molecule has 0 aliphatic carbocycles. The third-order valence-corrected chi connectivity index (χ3v) is 4.11. The van der Waals surface area contributed by atoms with Gasteiger partial charge in [0.2, 0.25) is 11.7 Å². The molecule has 2 rings (SSSR count). The number of carbonyl (C=O) groups excluding carboxylic acids is 1. The standard InChI is InChI=1S/C20H25NO4/c1-13-7-6-8-14(2)19(13)21-18(22)10-9-15-11-16(23-3)20(25-5)17(12-15)24-4/h6-8,11-12H,9-10H2,1-5H3,(H,21,22). The number of methoxy groups -OCH3 is 3. The van der Waals surface area contributed by atoms with Crippen LogP contribution in [-0.4, -0.2) is 27.2 Å². The molecule has 0 aliphatic heterocycles. The number of anilines is 1. The van der Waals surface area contributed by atoms with E-state index in [1.807, 2.05) is 44.2 Å². The zero-order chi connectivity index (χ0) is 18.4. The molecule has 0 saturated heterocycles. The minimum atomic E-state index is -0.0221. The highest BCUT2D eigenvalue weighted by Gasteiger charge is 2.14. The third kappa shape index (κ3) is 4.44. The van der Waals surface area contributed by atoms with Crippen LogP contribution in [-0.2, 0) is 11.2 Å². The molecule has 1 N–H and O–H groups in total. The molecule has 1 amide bonds. The van der Waals surface area contributed by atoms with Crippen molar-refractivity contribution in [2.45, 2.75) is 26.7 Å². The van der Waals surface area contributed by atoms with Crippen LogP contribution in [0.2, 0.25) is 0 Å². The second kappa shape index (κ2) is 8.42. The lowest BCUT2D eigenvalue weighted by atomic mass is 10.1. The van der Waals surface area contributed by atoms with Crippen molar-refractivity contribution in [3.63, 3.8) is 0 Å². The minimum absolute atomic E-state index is 0.0221. The number of carbonyl (C=O) groups is 1. The molecule has 0 radical (unpaired) electrons. The lowest BCUT2D eigenvalue weighted by Crippen LogP contribution is -2.14. The van der Waals surface area contributed by atoms with Gasteiger partial charge in [-0.1, -0.05) is 18.2 Å². The lowest BCUT2D eigenvalue weighted by Gasteiger charge is -2.14. The van der Waals surface area contributed by atoms with E-state index in [2.05, 4.69) is 5.32 Å². The smallest absolute Gasteiger partial charge is 0.224 e. The highest BCUT2D eigenvalue weighted by Crippen LogP contribution is 2.38. The first-order chi connectivity index (χ1) is 12.0. The van der Waals surface area contributed by atoms with E-state index >= 15 is 0 Å². The average molecular weight is 343 g/mol. The molecule has 5 nitrogen and oxygen atoms in total. The molecule has 0 saturated carbocycles. The second-order valence-corrected chi connectivity index (χ2v) is 5.85. The Balaban J connectivity index is 2.09. The van der Waals surface area contributed by atoms with E-state index in [-0.39, 0.29) is 5.91 Å². The predicted molar refractivity (Wildman–Crippen MR) is 99.0 cm³/mol. The van der Waals surface area contributed by atoms with Crippen LogP contribution in [0.4, 0.5) is 5.69 Å². The van der Waals surface area contributed by atoms with Crippen molar-refractivity contribution < 1.29 is 19.0 Å². The Bertz CT molecular complexity index is 710. The Morgan fingerprint density at radius 3 is 2.00 bits per heavy atom. The molecule has 0 spiro atoms. The first kappa shape index (κ1) is 18.6. The quantitative estimate of drug-likeness (QED) is 0.828. The maximum absolute atomic E-state index is 12.3. The SMILES string of the molecule is COc1cc(CCC(=O)Nc2c(C)cccc2C)cc(OC)c1OC. The summed E-state index contributed by atoms with van der Waals surface area (Å²) in [6, 6.07) is 9.70. The highest BCUT2D eigenvalue weighted by molar-refractivity contribution is 5.92. The number of rotatable bonds is 7. The fourth-order valence-electron chi connectivity index (χ4n) is 2.75. The van der Waals surface area contributed by atoms with Crippen LogP contribution in [0.5, 0.6) is 17.2 Å². The fourth-order valence-corrected chi connectivity index (χ4v) is 2.75. The zero-order valence-electron chi connectivity index (χ0n) is 15.4. The monoisotopic (exact) mass is 343 g/mol. The highest BCUT2D eigenvalue weighted by atomic mass is 16.5. The van der Waals surface area contributed by atoms with Crippen molar-refractivity contribution in [2.24, 2.45) is 0 Å². The number of benzene rings is 2. The van der Waals surface area contributed by atoms with Crippen molar-refractivity contribution in [3.8, 4) is 17.2 Å². The third-order valence-electron chi connectivity index (χ3n) is 4.11. The van der Waals surface area contributed by atoms with Crippen LogP contribution in [0.1, 0.15) is 23.1 Å². The number of ether oxygens (including phenoxy) is 3. The fraction of sp³-hybridized carbons (Fsp3) is 0.350. The molecule has 0 unspecified atom stereocenters. The summed E-state index contributed by atoms with van der Waals surface area (Å²) in [7, 11) is 4.72. The Morgan fingerprint density at radius 2 is 1.52 bits per heavy atom. The molecule has 2 aromatic carbocycles. The van der Waals surface area contributed by atoms with Gasteiger partial charge in [0.15, 0.2) is 11.5 Å². The van der Waals surface area contributed by atoms with E-state index in [1.54, 1.807) is 21.3 Å². The summed E-state index contributed by atoms with van der Waals surface area (Å²) in [4.78, 5) is 12.3. The topological polar surface area (TPSA) is 56.8 Å². The Labute approximate surface area is 148 Å². The molecule has 0 fully saturated rings. The van der Waals surface area contributed by atoms with Gasteiger partial charge >= 0.3 is 0 Å². The number of nitrogens with one attached hydrogen (secondary N) is 1. The van der Waals surface area contributed by atoms with E-state index in [1.165, 1.54) is 0 Å². The summed E-state index contributed by atoms with van der Waals surface area (Å²) in [5.74, 6) is 1.71. The number of amides is 1. The van der Waals surface area contributed by atoms with E-state index in [0.29, 0.717) is 30.1 Å². The second-order valence-electron chi connectivity index (χ2n) is 5.85. The van der Waals surface area contributed by atoms with Crippen LogP contribution in [0, 0.1) is 13.8 Å². The average Bonchev–Trinajstić information content (AvgIpc) is 2.62. The maximum atomic E-state index is 12.3. The van der Waals surface area contributed by atoms with Gasteiger partial charge in [-0.2, -0.15) is 0 Å². The minimum Gasteiger partial charge on any atom is -0.493 e. The number of para-hydroxylation sites is 1. The number of hydrogen-bond donors (Lipinski definition) is 1. The molecule has 25 heavy (non-hydrogen) atoms. The summed E-state index contributed by atoms with van der Waals surface area (Å²) in [5.41, 5.74) is 3.95. The van der Waals surface area contributed by atoms with Crippen molar-refractivity contribution >= 4 is 11.6 Å². The van der Waals surface area contributed by atoms with E-state index < -0.39 is 0 Å². The first-order valence-corrected chi connectivity index (χ1v) is 8.15. The Hall–Kier alpha value is -2.69. The van der Waals surface area contributed by atoms with Crippen LogP contribution in [0.25, 0.3) is 0 Å². The van der Waals surface area contributed by atoms with Gasteiger partial charge < -0.3 is 19.5 Å². The molecule has 134 valence electrons. The van der Waals surface area contributed by atoms with Gasteiger partial charge in [0.1, 0.15) is 0 Å². The van der Waals surface area contributed by atoms with Crippen molar-refractivity contribution in [1.82, 2.24) is 0 Å². The number of hydrogen-bond acceptors (Lipinski definition) is 4. The molecular weight excluding hydrogens is 318 g/mol. The first-order valence-electron chi connectivity index (χ1n) is 8.15. The van der Waals surface area contributed by atoms with Gasteiger partial charge in [0.25, 0.3) is 0 Å². The summed E-state index contributed by atoms with van der Waals surface area (Å²) < 4.78 is 16.0. The van der Waals surface area contributed by atoms with Crippen molar-refractivity contribution in [1.29, 1.82) is 0 Å². The summed E-state index contributed by atoms with van der Waals surface area (Å²) in [6.07, 6.45) is 0.944. The van der Waals surface area contributed by atoms with Gasteiger partial charge in [-0.3, -0.25) is 4.79 Å². The summed E-state index contributed by atoms with van der Waals surface area (Å²) in [6.45, 7) is 3.98. The molecule has 0 aliphatic rings. The van der Waals surface area contributed by atoms with Crippen LogP contribution in [0.3, 0.4) is 0 Å². The number of aryl methyl sites for hydroxylation is 3. The van der Waals surface area contributed by atoms with Crippen LogP contribution in [0.15, 0.2) is 30.3 Å². The summed E-state index contributed by atoms with van der Waals surface area (Å²) in [5, 5.41) is 3.00. The van der Waals surface area contributed by atoms with Gasteiger partial charge in [0.05, 0.1) is 21.3 Å². The zero-order valence-corrected chi connectivity index (χ0v) is 15.4. The Morgan fingerprint density at radius 1 is 0.960 bits per heavy atom. The van der Waals surface area contributed by atoms with Crippen LogP contribution >= 0.6 is 0 Å². The van der Waals surface area contributed by atoms with Crippen molar-refractivity contribution in [3.05, 3.63) is 47.0 Å². The van der Waals surface area contributed by atoms with Crippen LogP contribution < -0.4 is 19.5 Å². The van der Waals surface area contributed by atoms with E-state index in [4.69, 9.17) is 14.2 Å². The van der Waals surface area contributed by atoms with E-state index in [9.17, 15) is 4.79 Å².